The van der Waals surface area contributed by atoms with Gasteiger partial charge in [0.05, 0.1) is 22.3 Å². The van der Waals surface area contributed by atoms with Gasteiger partial charge in [0.15, 0.2) is 11.5 Å². The molecule has 3 aromatic rings. The monoisotopic (exact) mass is 393 g/mol. The largest absolute Gasteiger partial charge is 0.454 e. The van der Waals surface area contributed by atoms with Crippen molar-refractivity contribution >= 4 is 40.0 Å². The highest BCUT2D eigenvalue weighted by atomic mass is 32.2. The topological polar surface area (TPSA) is 82.5 Å². The summed E-state index contributed by atoms with van der Waals surface area (Å²) < 4.78 is 13.1. The fourth-order valence-electron chi connectivity index (χ4n) is 3.35. The summed E-state index contributed by atoms with van der Waals surface area (Å²) in [5.74, 6) is 1.25. The van der Waals surface area contributed by atoms with Crippen molar-refractivity contribution in [3.63, 3.8) is 0 Å². The number of carbonyl (C=O) groups excluding carboxylic acids is 2. The lowest BCUT2D eigenvalue weighted by Crippen LogP contribution is -2.17. The highest BCUT2D eigenvalue weighted by molar-refractivity contribution is 8.18. The van der Waals surface area contributed by atoms with Crippen LogP contribution in [0.4, 0.5) is 4.79 Å². The number of rotatable bonds is 4. The fraction of sp³-hybridized carbons (Fsp3) is 0.150. The molecule has 3 heterocycles. The van der Waals surface area contributed by atoms with Crippen molar-refractivity contribution in [1.29, 1.82) is 0 Å². The molecule has 0 unspecified atom stereocenters. The highest BCUT2D eigenvalue weighted by Gasteiger charge is 2.25. The number of para-hydroxylation sites is 1. The van der Waals surface area contributed by atoms with Crippen molar-refractivity contribution in [2.45, 2.75) is 13.0 Å². The summed E-state index contributed by atoms with van der Waals surface area (Å²) in [6.45, 7) is 1.02. The van der Waals surface area contributed by atoms with Gasteiger partial charge in [0, 0.05) is 6.54 Å². The summed E-state index contributed by atoms with van der Waals surface area (Å²) in [4.78, 5) is 27.9. The van der Waals surface area contributed by atoms with Crippen LogP contribution in [0.3, 0.4) is 0 Å². The van der Waals surface area contributed by atoms with Crippen LogP contribution in [0.5, 0.6) is 11.5 Å². The number of imidazole rings is 1. The summed E-state index contributed by atoms with van der Waals surface area (Å²) in [7, 11) is 0. The van der Waals surface area contributed by atoms with E-state index in [1.165, 1.54) is 0 Å². The Balaban J connectivity index is 1.37. The molecule has 1 N–H and O–H groups in total. The number of nitrogens with one attached hydrogen (secondary N) is 1. The number of benzene rings is 2. The van der Waals surface area contributed by atoms with Crippen LogP contribution in [0.25, 0.3) is 17.1 Å². The van der Waals surface area contributed by atoms with Crippen molar-refractivity contribution in [2.24, 2.45) is 0 Å². The van der Waals surface area contributed by atoms with Gasteiger partial charge in [-0.25, -0.2) is 4.98 Å². The van der Waals surface area contributed by atoms with Crippen molar-refractivity contribution in [3.05, 3.63) is 58.8 Å². The zero-order chi connectivity index (χ0) is 19.1. The number of ether oxygens (including phenoxy) is 2. The third-order valence-electron chi connectivity index (χ3n) is 4.69. The molecule has 7 nitrogen and oxygen atoms in total. The second-order valence-corrected chi connectivity index (χ2v) is 7.45. The highest BCUT2D eigenvalue weighted by Crippen LogP contribution is 2.35. The van der Waals surface area contributed by atoms with E-state index in [4.69, 9.17) is 9.47 Å². The van der Waals surface area contributed by atoms with Gasteiger partial charge in [-0.3, -0.25) is 14.9 Å². The second-order valence-electron chi connectivity index (χ2n) is 6.44. The Morgan fingerprint density at radius 1 is 1.21 bits per heavy atom. The van der Waals surface area contributed by atoms with Crippen molar-refractivity contribution < 1.29 is 19.1 Å². The molecule has 2 aromatic carbocycles. The van der Waals surface area contributed by atoms with E-state index in [1.54, 1.807) is 6.08 Å². The molecule has 1 saturated heterocycles. The molecule has 0 spiro atoms. The number of amides is 2. The molecule has 5 rings (SSSR count). The number of fused-ring (bicyclic) bond motifs is 2. The Labute approximate surface area is 164 Å². The van der Waals surface area contributed by atoms with Crippen LogP contribution in [-0.2, 0) is 17.8 Å². The molecular weight excluding hydrogens is 378 g/mol. The van der Waals surface area contributed by atoms with E-state index >= 15 is 0 Å². The van der Waals surface area contributed by atoms with E-state index in [0.717, 1.165) is 58.4 Å². The summed E-state index contributed by atoms with van der Waals surface area (Å²) in [6.07, 6.45) is 4.30. The van der Waals surface area contributed by atoms with Gasteiger partial charge in [-0.2, -0.15) is 0 Å². The molecule has 140 valence electrons. The molecule has 8 heteroatoms. The van der Waals surface area contributed by atoms with Crippen molar-refractivity contribution in [3.8, 4) is 11.5 Å². The molecule has 2 aliphatic rings. The lowest BCUT2D eigenvalue weighted by molar-refractivity contribution is -0.115. The Bertz CT molecular complexity index is 1150. The van der Waals surface area contributed by atoms with Crippen LogP contribution < -0.4 is 14.8 Å². The van der Waals surface area contributed by atoms with Crippen molar-refractivity contribution in [1.82, 2.24) is 14.9 Å². The van der Waals surface area contributed by atoms with Gasteiger partial charge in [-0.05, 0) is 53.6 Å². The maximum Gasteiger partial charge on any atom is 0.290 e. The minimum atomic E-state index is -0.359. The lowest BCUT2D eigenvalue weighted by Gasteiger charge is -2.07. The Morgan fingerprint density at radius 3 is 3.00 bits per heavy atom. The van der Waals surface area contributed by atoms with Crippen LogP contribution >= 0.6 is 11.8 Å². The minimum absolute atomic E-state index is 0.264. The SMILES string of the molecule is O=C1NC(=O)/C(=C/c2ccc3c(c2)ncn3CCc2cccc3c2OCO3)S1. The normalized spacial score (nSPS) is 16.9. The maximum atomic E-state index is 11.7. The number of imide groups is 1. The first kappa shape index (κ1) is 16.9. The Morgan fingerprint density at radius 2 is 2.14 bits per heavy atom. The first-order chi connectivity index (χ1) is 13.7. The average Bonchev–Trinajstić information content (AvgIpc) is 3.39. The standard InChI is InChI=1S/C20H15N3O4S/c24-19-17(28-20(25)22-19)9-12-4-5-15-14(8-12)21-10-23(15)7-6-13-2-1-3-16-18(13)27-11-26-16/h1-5,8-10H,6-7,11H2,(H,22,24,25)/b17-9-. The second kappa shape index (κ2) is 6.72. The number of hydrogen-bond donors (Lipinski definition) is 1. The van der Waals surface area contributed by atoms with Crippen LogP contribution in [-0.4, -0.2) is 27.5 Å². The minimum Gasteiger partial charge on any atom is -0.454 e. The zero-order valence-electron chi connectivity index (χ0n) is 14.7. The summed E-state index contributed by atoms with van der Waals surface area (Å²) in [5.41, 5.74) is 3.78. The first-order valence-electron chi connectivity index (χ1n) is 8.74. The quantitative estimate of drug-likeness (QED) is 0.685. The molecule has 0 atom stereocenters. The van der Waals surface area contributed by atoms with E-state index in [2.05, 4.69) is 14.9 Å². The summed E-state index contributed by atoms with van der Waals surface area (Å²) in [6, 6.07) is 11.7. The molecule has 0 radical (unpaired) electrons. The Hall–Kier alpha value is -3.26. The van der Waals surface area contributed by atoms with E-state index in [9.17, 15) is 9.59 Å². The van der Waals surface area contributed by atoms with E-state index in [0.29, 0.717) is 4.91 Å². The van der Waals surface area contributed by atoms with Gasteiger partial charge in [-0.15, -0.1) is 0 Å². The molecule has 28 heavy (non-hydrogen) atoms. The Kier molecular flexibility index (Phi) is 4.05. The smallest absolute Gasteiger partial charge is 0.290 e. The van der Waals surface area contributed by atoms with Gasteiger partial charge >= 0.3 is 0 Å². The van der Waals surface area contributed by atoms with Crippen molar-refractivity contribution in [2.75, 3.05) is 6.79 Å². The van der Waals surface area contributed by atoms with E-state index < -0.39 is 0 Å². The zero-order valence-corrected chi connectivity index (χ0v) is 15.5. The van der Waals surface area contributed by atoms with Crippen LogP contribution in [0.1, 0.15) is 11.1 Å². The van der Waals surface area contributed by atoms with E-state index in [-0.39, 0.29) is 17.9 Å². The fourth-order valence-corrected chi connectivity index (χ4v) is 4.03. The number of thioether (sulfide) groups is 1. The molecule has 2 amide bonds. The first-order valence-corrected chi connectivity index (χ1v) is 9.56. The molecular formula is C20H15N3O4S. The number of nitrogens with zero attached hydrogens (tertiary/aromatic N) is 2. The summed E-state index contributed by atoms with van der Waals surface area (Å²) in [5, 5.41) is 1.91. The predicted octanol–water partition coefficient (Wildman–Crippen LogP) is 3.33. The number of aryl methyl sites for hydroxylation is 2. The maximum absolute atomic E-state index is 11.7. The average molecular weight is 393 g/mol. The summed E-state index contributed by atoms with van der Waals surface area (Å²) >= 11 is 0.908. The van der Waals surface area contributed by atoms with Gasteiger partial charge < -0.3 is 14.0 Å². The van der Waals surface area contributed by atoms with E-state index in [1.807, 2.05) is 42.7 Å². The molecule has 1 aromatic heterocycles. The van der Waals surface area contributed by atoms with Gasteiger partial charge in [0.25, 0.3) is 11.1 Å². The molecule has 0 saturated carbocycles. The molecule has 2 aliphatic heterocycles. The number of hydrogen-bond acceptors (Lipinski definition) is 6. The van der Waals surface area contributed by atoms with Crippen LogP contribution in [0, 0.1) is 0 Å². The molecule has 0 bridgehead atoms. The van der Waals surface area contributed by atoms with Gasteiger partial charge in [0.1, 0.15) is 0 Å². The number of carbonyl (C=O) groups is 2. The third-order valence-corrected chi connectivity index (χ3v) is 5.50. The third kappa shape index (κ3) is 3.01. The van der Waals surface area contributed by atoms with Crippen LogP contribution in [0.15, 0.2) is 47.6 Å². The molecule has 0 aliphatic carbocycles. The van der Waals surface area contributed by atoms with Gasteiger partial charge in [0.2, 0.25) is 6.79 Å². The van der Waals surface area contributed by atoms with Crippen LogP contribution in [0.2, 0.25) is 0 Å². The molecule has 1 fully saturated rings. The van der Waals surface area contributed by atoms with Gasteiger partial charge in [-0.1, -0.05) is 18.2 Å². The predicted molar refractivity (Wildman–Crippen MR) is 105 cm³/mol. The lowest BCUT2D eigenvalue weighted by atomic mass is 10.1. The number of aromatic nitrogens is 2.